The number of imidazole rings is 1. The Morgan fingerprint density at radius 1 is 0.857 bits per heavy atom. The minimum absolute atomic E-state index is 0.276. The fraction of sp³-hybridized carbons (Fsp3) is 0.0870. The molecule has 5 heteroatoms. The molecule has 3 aromatic carbocycles. The average molecular weight is 433 g/mol. The van der Waals surface area contributed by atoms with Gasteiger partial charge in [0.25, 0.3) is 0 Å². The largest absolute Gasteiger partial charge is 0.293 e. The van der Waals surface area contributed by atoms with Gasteiger partial charge in [0.2, 0.25) is 0 Å². The summed E-state index contributed by atoms with van der Waals surface area (Å²) in [4.78, 5) is 31.4. The lowest BCUT2D eigenvalue weighted by Crippen LogP contribution is -2.24. The van der Waals surface area contributed by atoms with Gasteiger partial charge in [0.15, 0.2) is 11.6 Å². The number of Topliss-reactive ketones (excluding diaryl/α,β-unsaturated/α-hetero) is 2. The Kier molecular flexibility index (Phi) is 4.92. The SMILES string of the molecule is Cc1ccc2c(c1)nc(C(C(=O)c1ccccc1)C(=O)c1ccccc1)n2Br. The summed E-state index contributed by atoms with van der Waals surface area (Å²) in [5.41, 5.74) is 3.57. The molecule has 4 aromatic rings. The second kappa shape index (κ2) is 7.52. The zero-order chi connectivity index (χ0) is 19.7. The number of nitrogens with zero attached hydrogens (tertiary/aromatic N) is 2. The van der Waals surface area contributed by atoms with E-state index in [2.05, 4.69) is 21.1 Å². The van der Waals surface area contributed by atoms with Crippen molar-refractivity contribution in [3.05, 3.63) is 101 Å². The summed E-state index contributed by atoms with van der Waals surface area (Å²) >= 11 is 3.51. The molecule has 28 heavy (non-hydrogen) atoms. The van der Waals surface area contributed by atoms with Gasteiger partial charge in [-0.1, -0.05) is 66.7 Å². The van der Waals surface area contributed by atoms with Gasteiger partial charge in [0.05, 0.1) is 27.2 Å². The molecule has 0 amide bonds. The average Bonchev–Trinajstić information content (AvgIpc) is 3.04. The molecule has 0 N–H and O–H groups in total. The van der Waals surface area contributed by atoms with Gasteiger partial charge >= 0.3 is 0 Å². The molecule has 4 nitrogen and oxygen atoms in total. The monoisotopic (exact) mass is 432 g/mol. The molecule has 0 aliphatic heterocycles. The molecule has 0 fully saturated rings. The van der Waals surface area contributed by atoms with Crippen LogP contribution >= 0.6 is 16.1 Å². The Labute approximate surface area is 171 Å². The van der Waals surface area contributed by atoms with Gasteiger partial charge in [-0.3, -0.25) is 13.2 Å². The fourth-order valence-electron chi connectivity index (χ4n) is 3.25. The predicted octanol–water partition coefficient (Wildman–Crippen LogP) is 5.35. The number of aromatic nitrogens is 2. The summed E-state index contributed by atoms with van der Waals surface area (Å²) in [7, 11) is 0. The highest BCUT2D eigenvalue weighted by molar-refractivity contribution is 9.08. The van der Waals surface area contributed by atoms with E-state index in [9.17, 15) is 9.59 Å². The van der Waals surface area contributed by atoms with Crippen LogP contribution in [0.5, 0.6) is 0 Å². The number of carbonyl (C=O) groups excluding carboxylic acids is 2. The minimum Gasteiger partial charge on any atom is -0.293 e. The zero-order valence-electron chi connectivity index (χ0n) is 15.2. The summed E-state index contributed by atoms with van der Waals surface area (Å²) in [6, 6.07) is 23.6. The number of halogens is 1. The number of rotatable bonds is 5. The minimum atomic E-state index is -1.04. The van der Waals surface area contributed by atoms with E-state index in [1.807, 2.05) is 37.3 Å². The van der Waals surface area contributed by atoms with Crippen LogP contribution in [0, 0.1) is 6.92 Å². The molecule has 0 unspecified atom stereocenters. The molecule has 1 heterocycles. The molecule has 0 aliphatic rings. The van der Waals surface area contributed by atoms with Crippen LogP contribution in [0.15, 0.2) is 78.9 Å². The van der Waals surface area contributed by atoms with E-state index in [4.69, 9.17) is 0 Å². The molecule has 138 valence electrons. The maximum Gasteiger partial charge on any atom is 0.181 e. The van der Waals surface area contributed by atoms with Gasteiger partial charge in [0.1, 0.15) is 11.7 Å². The van der Waals surface area contributed by atoms with Crippen LogP contribution in [0.3, 0.4) is 0 Å². The Morgan fingerprint density at radius 3 is 1.93 bits per heavy atom. The van der Waals surface area contributed by atoms with Crippen LogP contribution < -0.4 is 0 Å². The predicted molar refractivity (Wildman–Crippen MR) is 113 cm³/mol. The van der Waals surface area contributed by atoms with Crippen molar-refractivity contribution in [2.75, 3.05) is 0 Å². The third-order valence-corrected chi connectivity index (χ3v) is 5.42. The lowest BCUT2D eigenvalue weighted by Gasteiger charge is -2.14. The molecule has 0 saturated heterocycles. The van der Waals surface area contributed by atoms with Crippen LogP contribution in [-0.2, 0) is 0 Å². The number of aryl methyl sites for hydroxylation is 1. The van der Waals surface area contributed by atoms with Gasteiger partial charge in [0, 0.05) is 11.1 Å². The third kappa shape index (κ3) is 3.29. The first-order valence-electron chi connectivity index (χ1n) is 8.90. The Hall–Kier alpha value is -3.05. The fourth-order valence-corrected chi connectivity index (χ4v) is 3.83. The van der Waals surface area contributed by atoms with Gasteiger partial charge in [-0.15, -0.1) is 0 Å². The zero-order valence-corrected chi connectivity index (χ0v) is 16.8. The Morgan fingerprint density at radius 2 is 1.39 bits per heavy atom. The maximum atomic E-state index is 13.4. The van der Waals surface area contributed by atoms with Crippen molar-refractivity contribution in [1.82, 2.24) is 8.58 Å². The lowest BCUT2D eigenvalue weighted by molar-refractivity contribution is 0.0856. The quantitative estimate of drug-likeness (QED) is 0.315. The smallest absolute Gasteiger partial charge is 0.181 e. The lowest BCUT2D eigenvalue weighted by atomic mass is 9.89. The van der Waals surface area contributed by atoms with E-state index in [1.165, 1.54) is 0 Å². The van der Waals surface area contributed by atoms with Gasteiger partial charge < -0.3 is 0 Å². The molecule has 0 spiro atoms. The van der Waals surface area contributed by atoms with Crippen molar-refractivity contribution in [3.8, 4) is 0 Å². The summed E-state index contributed by atoms with van der Waals surface area (Å²) in [6.45, 7) is 1.98. The molecule has 0 atom stereocenters. The number of hydrogen-bond acceptors (Lipinski definition) is 3. The van der Waals surface area contributed by atoms with Crippen LogP contribution in [0.1, 0.15) is 38.0 Å². The first kappa shape index (κ1) is 18.3. The summed E-state index contributed by atoms with van der Waals surface area (Å²) < 4.78 is 1.66. The standard InChI is InChI=1S/C23H17BrN2O2/c1-15-12-13-19-18(14-15)25-23(26(19)24)20(21(27)16-8-4-2-5-9-16)22(28)17-10-6-3-7-11-17/h2-14,20H,1H3. The highest BCUT2D eigenvalue weighted by Gasteiger charge is 2.34. The van der Waals surface area contributed by atoms with Crippen LogP contribution in [-0.4, -0.2) is 20.1 Å². The van der Waals surface area contributed by atoms with Gasteiger partial charge in [-0.25, -0.2) is 4.98 Å². The number of fused-ring (bicyclic) bond motifs is 1. The van der Waals surface area contributed by atoms with Crippen molar-refractivity contribution in [1.29, 1.82) is 0 Å². The van der Waals surface area contributed by atoms with E-state index >= 15 is 0 Å². The third-order valence-electron chi connectivity index (χ3n) is 4.68. The molecule has 0 bridgehead atoms. The van der Waals surface area contributed by atoms with E-state index in [0.29, 0.717) is 17.0 Å². The van der Waals surface area contributed by atoms with Gasteiger partial charge in [-0.05, 0) is 24.6 Å². The second-order valence-electron chi connectivity index (χ2n) is 6.64. The molecule has 0 aliphatic carbocycles. The molecular weight excluding hydrogens is 416 g/mol. The van der Waals surface area contributed by atoms with Gasteiger partial charge in [-0.2, -0.15) is 0 Å². The number of carbonyl (C=O) groups is 2. The Balaban J connectivity index is 1.89. The first-order valence-corrected chi connectivity index (χ1v) is 9.61. The van der Waals surface area contributed by atoms with E-state index in [-0.39, 0.29) is 11.6 Å². The molecule has 1 aromatic heterocycles. The number of hydrogen-bond donors (Lipinski definition) is 0. The second-order valence-corrected chi connectivity index (χ2v) is 7.35. The van der Waals surface area contributed by atoms with E-state index in [0.717, 1.165) is 16.6 Å². The molecule has 4 rings (SSSR count). The number of benzene rings is 3. The molecular formula is C23H17BrN2O2. The summed E-state index contributed by atoms with van der Waals surface area (Å²) in [5.74, 6) is -1.22. The normalized spacial score (nSPS) is 11.1. The van der Waals surface area contributed by atoms with Crippen molar-refractivity contribution in [2.45, 2.75) is 12.8 Å². The molecule has 0 saturated carbocycles. The maximum absolute atomic E-state index is 13.4. The van der Waals surface area contributed by atoms with Crippen LogP contribution in [0.25, 0.3) is 11.0 Å². The van der Waals surface area contributed by atoms with E-state index < -0.39 is 5.92 Å². The van der Waals surface area contributed by atoms with Crippen molar-refractivity contribution >= 4 is 38.7 Å². The summed E-state index contributed by atoms with van der Waals surface area (Å²) in [5, 5.41) is 0. The molecule has 0 radical (unpaired) electrons. The van der Waals surface area contributed by atoms with E-state index in [1.54, 1.807) is 52.1 Å². The summed E-state index contributed by atoms with van der Waals surface area (Å²) in [6.07, 6.45) is 0. The Bertz CT molecular complexity index is 1120. The van der Waals surface area contributed by atoms with Crippen molar-refractivity contribution < 1.29 is 9.59 Å². The highest BCUT2D eigenvalue weighted by atomic mass is 79.9. The highest BCUT2D eigenvalue weighted by Crippen LogP contribution is 2.30. The first-order chi connectivity index (χ1) is 13.6. The number of ketones is 2. The topological polar surface area (TPSA) is 52.0 Å². The van der Waals surface area contributed by atoms with Crippen LogP contribution in [0.2, 0.25) is 0 Å². The van der Waals surface area contributed by atoms with Crippen LogP contribution in [0.4, 0.5) is 0 Å². The van der Waals surface area contributed by atoms with Crippen molar-refractivity contribution in [3.63, 3.8) is 0 Å². The van der Waals surface area contributed by atoms with Crippen molar-refractivity contribution in [2.24, 2.45) is 0 Å².